The Bertz CT molecular complexity index is 910. The van der Waals surface area contributed by atoms with Gasteiger partial charge in [0.1, 0.15) is 11.5 Å². The first kappa shape index (κ1) is 16.8. The highest BCUT2D eigenvalue weighted by Crippen LogP contribution is 2.27. The van der Waals surface area contributed by atoms with Gasteiger partial charge in [0.25, 0.3) is 0 Å². The Labute approximate surface area is 148 Å². The lowest BCUT2D eigenvalue weighted by Gasteiger charge is -2.06. The number of nitrogens with zero attached hydrogens (tertiary/aromatic N) is 2. The van der Waals surface area contributed by atoms with Gasteiger partial charge in [0.05, 0.1) is 19.2 Å². The molecule has 1 heterocycles. The van der Waals surface area contributed by atoms with Crippen molar-refractivity contribution in [1.29, 1.82) is 0 Å². The minimum absolute atomic E-state index is 0.162. The lowest BCUT2D eigenvalue weighted by atomic mass is 10.2. The van der Waals surface area contributed by atoms with E-state index in [4.69, 9.17) is 25.5 Å². The molecule has 0 fully saturated rings. The van der Waals surface area contributed by atoms with E-state index in [1.165, 1.54) is 7.11 Å². The Hall–Kier alpha value is -3.06. The van der Waals surface area contributed by atoms with Gasteiger partial charge in [0.2, 0.25) is 5.89 Å². The van der Waals surface area contributed by atoms with E-state index < -0.39 is 5.91 Å². The van der Waals surface area contributed by atoms with E-state index in [0.717, 1.165) is 0 Å². The normalized spacial score (nSPS) is 10.4. The summed E-state index contributed by atoms with van der Waals surface area (Å²) in [6.07, 6.45) is 0. The number of carbonyl (C=O) groups is 1. The molecule has 0 radical (unpaired) electrons. The van der Waals surface area contributed by atoms with Crippen molar-refractivity contribution < 1.29 is 18.7 Å². The van der Waals surface area contributed by atoms with Crippen molar-refractivity contribution in [2.24, 2.45) is 0 Å². The Kier molecular flexibility index (Phi) is 4.85. The minimum Gasteiger partial charge on any atom is -0.497 e. The van der Waals surface area contributed by atoms with Crippen molar-refractivity contribution in [2.45, 2.75) is 0 Å². The van der Waals surface area contributed by atoms with Crippen LogP contribution in [0.3, 0.4) is 0 Å². The van der Waals surface area contributed by atoms with Crippen molar-refractivity contribution >= 4 is 23.2 Å². The van der Waals surface area contributed by atoms with E-state index in [1.807, 2.05) is 0 Å². The summed E-state index contributed by atoms with van der Waals surface area (Å²) in [6, 6.07) is 12.0. The summed E-state index contributed by atoms with van der Waals surface area (Å²) >= 11 is 6.03. The van der Waals surface area contributed by atoms with E-state index in [1.54, 1.807) is 49.6 Å². The average Bonchev–Trinajstić information content (AvgIpc) is 3.12. The zero-order valence-electron chi connectivity index (χ0n) is 13.4. The Balaban J connectivity index is 1.77. The summed E-state index contributed by atoms with van der Waals surface area (Å²) in [7, 11) is 3.07. The number of nitrogens with one attached hydrogen (secondary N) is 1. The van der Waals surface area contributed by atoms with Crippen molar-refractivity contribution in [3.63, 3.8) is 0 Å². The molecule has 0 atom stereocenters. The SMILES string of the molecule is COc1cccc(-c2nnc(C(=O)Nc3ccc(OC)c(Cl)c3)o2)c1. The lowest BCUT2D eigenvalue weighted by Crippen LogP contribution is -2.12. The maximum absolute atomic E-state index is 12.2. The van der Waals surface area contributed by atoms with Gasteiger partial charge in [-0.15, -0.1) is 10.2 Å². The van der Waals surface area contributed by atoms with Crippen LogP contribution in [0.25, 0.3) is 11.5 Å². The molecule has 0 saturated carbocycles. The molecule has 0 aliphatic rings. The van der Waals surface area contributed by atoms with Crippen LogP contribution in [0.15, 0.2) is 46.9 Å². The highest BCUT2D eigenvalue weighted by atomic mass is 35.5. The standard InChI is InChI=1S/C17H14ClN3O4/c1-23-12-5-3-4-10(8-12)16-20-21-17(25-16)15(22)19-11-6-7-14(24-2)13(18)9-11/h3-9H,1-2H3,(H,19,22). The van der Waals surface area contributed by atoms with Crippen LogP contribution >= 0.6 is 11.6 Å². The number of anilines is 1. The van der Waals surface area contributed by atoms with Gasteiger partial charge >= 0.3 is 11.8 Å². The predicted octanol–water partition coefficient (Wildman–Crippen LogP) is 3.66. The molecule has 2 aromatic carbocycles. The minimum atomic E-state index is -0.539. The van der Waals surface area contributed by atoms with E-state index in [0.29, 0.717) is 27.8 Å². The van der Waals surface area contributed by atoms with Crippen LogP contribution in [0.1, 0.15) is 10.7 Å². The van der Waals surface area contributed by atoms with Gasteiger partial charge in [-0.2, -0.15) is 0 Å². The van der Waals surface area contributed by atoms with Crippen molar-refractivity contribution in [3.8, 4) is 23.0 Å². The van der Waals surface area contributed by atoms with Gasteiger partial charge < -0.3 is 19.2 Å². The van der Waals surface area contributed by atoms with Crippen molar-refractivity contribution in [1.82, 2.24) is 10.2 Å². The molecule has 3 rings (SSSR count). The van der Waals surface area contributed by atoms with Crippen LogP contribution < -0.4 is 14.8 Å². The second kappa shape index (κ2) is 7.23. The molecule has 128 valence electrons. The quantitative estimate of drug-likeness (QED) is 0.748. The lowest BCUT2D eigenvalue weighted by molar-refractivity contribution is 0.0991. The second-order valence-electron chi connectivity index (χ2n) is 4.95. The second-order valence-corrected chi connectivity index (χ2v) is 5.35. The molecule has 0 saturated heterocycles. The highest BCUT2D eigenvalue weighted by molar-refractivity contribution is 6.32. The largest absolute Gasteiger partial charge is 0.497 e. The summed E-state index contributed by atoms with van der Waals surface area (Å²) in [6.45, 7) is 0. The highest BCUT2D eigenvalue weighted by Gasteiger charge is 2.17. The maximum Gasteiger partial charge on any atom is 0.313 e. The Morgan fingerprint density at radius 2 is 1.96 bits per heavy atom. The third-order valence-corrected chi connectivity index (χ3v) is 3.64. The van der Waals surface area contributed by atoms with Crippen molar-refractivity contribution in [3.05, 3.63) is 53.4 Å². The molecule has 1 aromatic heterocycles. The van der Waals surface area contributed by atoms with E-state index in [2.05, 4.69) is 15.5 Å². The zero-order valence-corrected chi connectivity index (χ0v) is 14.2. The third-order valence-electron chi connectivity index (χ3n) is 3.35. The molecule has 0 aliphatic carbocycles. The van der Waals surface area contributed by atoms with E-state index in [-0.39, 0.29) is 11.8 Å². The van der Waals surface area contributed by atoms with E-state index >= 15 is 0 Å². The fraction of sp³-hybridized carbons (Fsp3) is 0.118. The first-order valence-corrected chi connectivity index (χ1v) is 7.61. The predicted molar refractivity (Wildman–Crippen MR) is 92.2 cm³/mol. The zero-order chi connectivity index (χ0) is 17.8. The number of hydrogen-bond donors (Lipinski definition) is 1. The van der Waals surface area contributed by atoms with Gasteiger partial charge in [-0.3, -0.25) is 4.79 Å². The van der Waals surface area contributed by atoms with Crippen LogP contribution in [0.5, 0.6) is 11.5 Å². The first-order valence-electron chi connectivity index (χ1n) is 7.23. The fourth-order valence-electron chi connectivity index (χ4n) is 2.12. The van der Waals surface area contributed by atoms with Gasteiger partial charge in [-0.05, 0) is 36.4 Å². The molecule has 0 bridgehead atoms. The fourth-order valence-corrected chi connectivity index (χ4v) is 2.37. The summed E-state index contributed by atoms with van der Waals surface area (Å²) in [5, 5.41) is 10.7. The summed E-state index contributed by atoms with van der Waals surface area (Å²) in [5.74, 6) is 0.678. The Morgan fingerprint density at radius 1 is 1.12 bits per heavy atom. The first-order chi connectivity index (χ1) is 12.1. The smallest absolute Gasteiger partial charge is 0.313 e. The third kappa shape index (κ3) is 3.72. The molecule has 0 spiro atoms. The van der Waals surface area contributed by atoms with Crippen LogP contribution in [0, 0.1) is 0 Å². The number of carbonyl (C=O) groups excluding carboxylic acids is 1. The Morgan fingerprint density at radius 3 is 2.68 bits per heavy atom. The number of amides is 1. The molecule has 0 unspecified atom stereocenters. The van der Waals surface area contributed by atoms with E-state index in [9.17, 15) is 4.79 Å². The summed E-state index contributed by atoms with van der Waals surface area (Å²) < 4.78 is 15.6. The van der Waals surface area contributed by atoms with Crippen LogP contribution in [0.2, 0.25) is 5.02 Å². The number of rotatable bonds is 5. The number of methoxy groups -OCH3 is 2. The summed E-state index contributed by atoms with van der Waals surface area (Å²) in [4.78, 5) is 12.2. The molecule has 1 N–H and O–H groups in total. The number of halogens is 1. The van der Waals surface area contributed by atoms with Gasteiger partial charge in [0, 0.05) is 11.3 Å². The average molecular weight is 360 g/mol. The number of hydrogen-bond acceptors (Lipinski definition) is 6. The molecule has 1 amide bonds. The molecule has 3 aromatic rings. The van der Waals surface area contributed by atoms with Crippen LogP contribution in [-0.2, 0) is 0 Å². The van der Waals surface area contributed by atoms with Gasteiger partial charge in [-0.25, -0.2) is 0 Å². The molecular formula is C17H14ClN3O4. The number of ether oxygens (including phenoxy) is 2. The molecule has 7 nitrogen and oxygen atoms in total. The van der Waals surface area contributed by atoms with Crippen LogP contribution in [-0.4, -0.2) is 30.3 Å². The number of benzene rings is 2. The maximum atomic E-state index is 12.2. The molecule has 0 aliphatic heterocycles. The topological polar surface area (TPSA) is 86.5 Å². The van der Waals surface area contributed by atoms with Crippen molar-refractivity contribution in [2.75, 3.05) is 19.5 Å². The van der Waals surface area contributed by atoms with Gasteiger partial charge in [0.15, 0.2) is 0 Å². The molecule has 25 heavy (non-hydrogen) atoms. The van der Waals surface area contributed by atoms with Gasteiger partial charge in [-0.1, -0.05) is 17.7 Å². The monoisotopic (exact) mass is 359 g/mol. The molecule has 8 heteroatoms. The molecular weight excluding hydrogens is 346 g/mol. The number of aromatic nitrogens is 2. The summed E-state index contributed by atoms with van der Waals surface area (Å²) in [5.41, 5.74) is 1.13. The van der Waals surface area contributed by atoms with Crippen LogP contribution in [0.4, 0.5) is 5.69 Å².